The van der Waals surface area contributed by atoms with Gasteiger partial charge in [-0.3, -0.25) is 9.48 Å². The second-order valence-corrected chi connectivity index (χ2v) is 7.71. The molecule has 0 fully saturated rings. The third-order valence-corrected chi connectivity index (χ3v) is 5.02. The molecule has 4 rings (SSSR count). The van der Waals surface area contributed by atoms with Crippen molar-refractivity contribution in [3.05, 3.63) is 102 Å². The Hall–Kier alpha value is -4.28. The molecule has 0 aliphatic heterocycles. The molecule has 4 aromatic rings. The van der Waals surface area contributed by atoms with Gasteiger partial charge in [0, 0.05) is 30.6 Å². The van der Waals surface area contributed by atoms with Crippen molar-refractivity contribution in [2.24, 2.45) is 7.05 Å². The molecule has 7 heteroatoms. The van der Waals surface area contributed by atoms with Gasteiger partial charge >= 0.3 is 0 Å². The van der Waals surface area contributed by atoms with Gasteiger partial charge in [0.2, 0.25) is 5.91 Å². The van der Waals surface area contributed by atoms with E-state index in [0.29, 0.717) is 12.2 Å². The number of amides is 1. The molecular formula is C27H28N6O. The molecular weight excluding hydrogens is 424 g/mol. The summed E-state index contributed by atoms with van der Waals surface area (Å²) in [5.74, 6) is 0.474. The molecule has 7 nitrogen and oxygen atoms in total. The van der Waals surface area contributed by atoms with Gasteiger partial charge in [-0.1, -0.05) is 42.5 Å². The third kappa shape index (κ3) is 7.69. The van der Waals surface area contributed by atoms with Crippen LogP contribution >= 0.6 is 0 Å². The second kappa shape index (κ2) is 12.7. The van der Waals surface area contributed by atoms with Gasteiger partial charge < -0.3 is 10.6 Å². The highest BCUT2D eigenvalue weighted by molar-refractivity contribution is 5.91. The second-order valence-electron chi connectivity index (χ2n) is 7.71. The summed E-state index contributed by atoms with van der Waals surface area (Å²) in [6.07, 6.45) is 6.79. The van der Waals surface area contributed by atoms with Gasteiger partial charge in [0.15, 0.2) is 0 Å². The first-order chi connectivity index (χ1) is 16.6. The lowest BCUT2D eigenvalue weighted by molar-refractivity contribution is -0.115. The minimum absolute atomic E-state index is 0.0761. The molecule has 2 heterocycles. The van der Waals surface area contributed by atoms with E-state index in [2.05, 4.69) is 26.8 Å². The number of aryl methyl sites for hydroxylation is 1. The van der Waals surface area contributed by atoms with Crippen LogP contribution in [0.5, 0.6) is 0 Å². The maximum absolute atomic E-state index is 12.0. The van der Waals surface area contributed by atoms with E-state index in [1.54, 1.807) is 23.1 Å². The van der Waals surface area contributed by atoms with E-state index in [0.717, 1.165) is 35.2 Å². The van der Waals surface area contributed by atoms with Crippen LogP contribution in [0.4, 0.5) is 5.82 Å². The summed E-state index contributed by atoms with van der Waals surface area (Å²) < 4.78 is 1.74. The van der Waals surface area contributed by atoms with Crippen LogP contribution in [-0.4, -0.2) is 34.3 Å². The maximum Gasteiger partial charge on any atom is 0.229 e. The largest absolute Gasteiger partial charge is 0.319 e. The standard InChI is InChI=1S/C17H16N4O.C10H12N2/c1-21-12-15(11-19-21)14-7-8-16(18-10-14)20-17(22)9-13-5-3-2-4-6-13;1-12-7-6-9-2-4-10(8-11)5-3-9/h2-8,10-12H,9H2,1H3,(H,18,20,22);2-5,12H,6-7H2,1H3. The normalized spacial score (nSPS) is 10.0. The maximum atomic E-state index is 12.0. The molecule has 2 N–H and O–H groups in total. The first-order valence-corrected chi connectivity index (χ1v) is 11.0. The van der Waals surface area contributed by atoms with Crippen molar-refractivity contribution in [1.82, 2.24) is 20.1 Å². The van der Waals surface area contributed by atoms with Gasteiger partial charge in [-0.15, -0.1) is 0 Å². The van der Waals surface area contributed by atoms with Crippen LogP contribution in [0, 0.1) is 11.3 Å². The van der Waals surface area contributed by atoms with E-state index in [1.165, 1.54) is 5.56 Å². The van der Waals surface area contributed by atoms with Crippen LogP contribution in [0.1, 0.15) is 16.7 Å². The lowest BCUT2D eigenvalue weighted by Gasteiger charge is -2.05. The number of nitrogens with one attached hydrogen (secondary N) is 2. The number of benzene rings is 2. The van der Waals surface area contributed by atoms with Gasteiger partial charge in [-0.2, -0.15) is 10.4 Å². The minimum Gasteiger partial charge on any atom is -0.319 e. The van der Waals surface area contributed by atoms with Crippen molar-refractivity contribution in [3.63, 3.8) is 0 Å². The zero-order valence-electron chi connectivity index (χ0n) is 19.4. The van der Waals surface area contributed by atoms with E-state index in [1.807, 2.05) is 81.0 Å². The number of hydrogen-bond donors (Lipinski definition) is 2. The molecule has 0 saturated carbocycles. The molecule has 0 atom stereocenters. The Morgan fingerprint density at radius 3 is 2.32 bits per heavy atom. The molecule has 0 radical (unpaired) electrons. The Kier molecular flexibility index (Phi) is 9.09. The molecule has 34 heavy (non-hydrogen) atoms. The van der Waals surface area contributed by atoms with E-state index >= 15 is 0 Å². The highest BCUT2D eigenvalue weighted by atomic mass is 16.1. The molecule has 2 aromatic heterocycles. The summed E-state index contributed by atoms with van der Waals surface area (Å²) in [7, 11) is 3.80. The lowest BCUT2D eigenvalue weighted by atomic mass is 10.1. The van der Waals surface area contributed by atoms with Crippen LogP contribution in [-0.2, 0) is 24.7 Å². The third-order valence-electron chi connectivity index (χ3n) is 5.02. The number of carbonyl (C=O) groups excluding carboxylic acids is 1. The predicted octanol–water partition coefficient (Wildman–Crippen LogP) is 3.98. The average Bonchev–Trinajstić information content (AvgIpc) is 3.30. The lowest BCUT2D eigenvalue weighted by Crippen LogP contribution is -2.15. The first-order valence-electron chi connectivity index (χ1n) is 11.0. The fourth-order valence-electron chi connectivity index (χ4n) is 3.19. The molecule has 0 aliphatic rings. The summed E-state index contributed by atoms with van der Waals surface area (Å²) in [6.45, 7) is 0.978. The average molecular weight is 453 g/mol. The van der Waals surface area contributed by atoms with Crippen molar-refractivity contribution < 1.29 is 4.79 Å². The summed E-state index contributed by atoms with van der Waals surface area (Å²) in [5.41, 5.74) is 4.94. The molecule has 2 aromatic carbocycles. The van der Waals surface area contributed by atoms with E-state index in [-0.39, 0.29) is 5.91 Å². The minimum atomic E-state index is -0.0761. The molecule has 1 amide bonds. The summed E-state index contributed by atoms with van der Waals surface area (Å²) in [6, 6.07) is 23.1. The molecule has 0 spiro atoms. The Bertz CT molecular complexity index is 1210. The number of likely N-dealkylation sites (N-methyl/N-ethyl adjacent to an activating group) is 1. The number of hydrogen-bond acceptors (Lipinski definition) is 5. The number of anilines is 1. The smallest absolute Gasteiger partial charge is 0.229 e. The summed E-state index contributed by atoms with van der Waals surface area (Å²) in [4.78, 5) is 16.3. The van der Waals surface area contributed by atoms with Gasteiger partial charge in [0.1, 0.15) is 5.82 Å². The van der Waals surface area contributed by atoms with Gasteiger partial charge in [0.05, 0.1) is 24.3 Å². The van der Waals surface area contributed by atoms with Crippen LogP contribution < -0.4 is 10.6 Å². The number of aromatic nitrogens is 3. The Balaban J connectivity index is 0.000000229. The molecule has 0 bridgehead atoms. The molecule has 0 aliphatic carbocycles. The highest BCUT2D eigenvalue weighted by Gasteiger charge is 2.06. The van der Waals surface area contributed by atoms with Crippen molar-refractivity contribution in [2.45, 2.75) is 12.8 Å². The monoisotopic (exact) mass is 452 g/mol. The Morgan fingerprint density at radius 2 is 1.74 bits per heavy atom. The Morgan fingerprint density at radius 1 is 0.971 bits per heavy atom. The van der Waals surface area contributed by atoms with Gasteiger partial charge in [0.25, 0.3) is 0 Å². The summed E-state index contributed by atoms with van der Waals surface area (Å²) >= 11 is 0. The van der Waals surface area contributed by atoms with Crippen LogP contribution in [0.15, 0.2) is 85.3 Å². The molecule has 0 unspecified atom stereocenters. The number of nitrogens with zero attached hydrogens (tertiary/aromatic N) is 4. The molecule has 172 valence electrons. The zero-order valence-corrected chi connectivity index (χ0v) is 19.4. The number of rotatable bonds is 7. The summed E-state index contributed by atoms with van der Waals surface area (Å²) in [5, 5.41) is 18.6. The number of pyridine rings is 1. The van der Waals surface area contributed by atoms with Crippen molar-refractivity contribution in [2.75, 3.05) is 18.9 Å². The zero-order chi connectivity index (χ0) is 24.2. The van der Waals surface area contributed by atoms with Crippen LogP contribution in [0.3, 0.4) is 0 Å². The fraction of sp³-hybridized carbons (Fsp3) is 0.185. The Labute approximate surface area is 200 Å². The number of carbonyl (C=O) groups is 1. The van der Waals surface area contributed by atoms with Crippen molar-refractivity contribution >= 4 is 11.7 Å². The topological polar surface area (TPSA) is 95.6 Å². The first kappa shape index (κ1) is 24.4. The van der Waals surface area contributed by atoms with Gasteiger partial charge in [-0.05, 0) is 55.4 Å². The van der Waals surface area contributed by atoms with E-state index in [4.69, 9.17) is 5.26 Å². The van der Waals surface area contributed by atoms with Crippen LogP contribution in [0.25, 0.3) is 11.1 Å². The van der Waals surface area contributed by atoms with Crippen molar-refractivity contribution in [1.29, 1.82) is 5.26 Å². The van der Waals surface area contributed by atoms with Gasteiger partial charge in [-0.25, -0.2) is 4.98 Å². The van der Waals surface area contributed by atoms with E-state index < -0.39 is 0 Å². The number of nitriles is 1. The van der Waals surface area contributed by atoms with Crippen LogP contribution in [0.2, 0.25) is 0 Å². The predicted molar refractivity (Wildman–Crippen MR) is 134 cm³/mol. The molecule has 0 saturated heterocycles. The SMILES string of the molecule is CNCCc1ccc(C#N)cc1.Cn1cc(-c2ccc(NC(=O)Cc3ccccc3)nc2)cn1. The fourth-order valence-corrected chi connectivity index (χ4v) is 3.19. The van der Waals surface area contributed by atoms with Crippen molar-refractivity contribution in [3.8, 4) is 17.2 Å². The highest BCUT2D eigenvalue weighted by Crippen LogP contribution is 2.18. The van der Waals surface area contributed by atoms with E-state index in [9.17, 15) is 4.79 Å². The quantitative estimate of drug-likeness (QED) is 0.442.